The smallest absolute Gasteiger partial charge is 0.236 e. The number of rotatable bonds is 7. The van der Waals surface area contributed by atoms with Gasteiger partial charge >= 0.3 is 0 Å². The topological polar surface area (TPSA) is 54.9 Å². The second-order valence-electron chi connectivity index (χ2n) is 5.05. The second kappa shape index (κ2) is 9.11. The summed E-state index contributed by atoms with van der Waals surface area (Å²) in [7, 11) is 0. The van der Waals surface area contributed by atoms with Crippen LogP contribution in [-0.4, -0.2) is 21.9 Å². The summed E-state index contributed by atoms with van der Waals surface area (Å²) in [6.45, 7) is 0. The number of anilines is 1. The Morgan fingerprint density at radius 2 is 1.88 bits per heavy atom. The number of halogens is 2. The highest BCUT2D eigenvalue weighted by Crippen LogP contribution is 2.29. The van der Waals surface area contributed by atoms with Gasteiger partial charge in [0.1, 0.15) is 11.6 Å². The number of benzene rings is 2. The minimum Gasteiger partial charge on any atom is -0.300 e. The van der Waals surface area contributed by atoms with Crippen molar-refractivity contribution in [2.75, 3.05) is 11.1 Å². The summed E-state index contributed by atoms with van der Waals surface area (Å²) >= 11 is 3.92. The van der Waals surface area contributed by atoms with E-state index in [9.17, 15) is 13.6 Å². The minimum absolute atomic E-state index is 0.170. The summed E-state index contributed by atoms with van der Waals surface area (Å²) in [5.41, 5.74) is 0.386. The van der Waals surface area contributed by atoms with Gasteiger partial charge in [-0.05, 0) is 23.8 Å². The molecule has 26 heavy (non-hydrogen) atoms. The molecule has 0 saturated carbocycles. The number of thioether (sulfide) groups is 2. The van der Waals surface area contributed by atoms with E-state index in [1.807, 2.05) is 30.3 Å². The quantitative estimate of drug-likeness (QED) is 0.447. The largest absolute Gasteiger partial charge is 0.300 e. The van der Waals surface area contributed by atoms with Crippen LogP contribution < -0.4 is 5.32 Å². The van der Waals surface area contributed by atoms with Crippen LogP contribution in [0.2, 0.25) is 0 Å². The van der Waals surface area contributed by atoms with Crippen molar-refractivity contribution in [2.45, 2.75) is 15.0 Å². The minimum atomic E-state index is -0.606. The van der Waals surface area contributed by atoms with Crippen molar-refractivity contribution in [1.82, 2.24) is 10.2 Å². The number of nitrogens with one attached hydrogen (secondary N) is 1. The predicted octanol–water partition coefficient (Wildman–Crippen LogP) is 4.84. The molecule has 1 aromatic heterocycles. The van der Waals surface area contributed by atoms with E-state index >= 15 is 0 Å². The number of amides is 1. The molecule has 0 saturated heterocycles. The molecule has 1 heterocycles. The molecule has 1 N–H and O–H groups in total. The van der Waals surface area contributed by atoms with Crippen LogP contribution in [0.4, 0.5) is 13.9 Å². The van der Waals surface area contributed by atoms with Gasteiger partial charge in [-0.2, -0.15) is 0 Å². The Morgan fingerprint density at radius 1 is 1.08 bits per heavy atom. The molecule has 0 unspecified atom stereocenters. The van der Waals surface area contributed by atoms with Gasteiger partial charge in [0.15, 0.2) is 4.34 Å². The lowest BCUT2D eigenvalue weighted by Crippen LogP contribution is -2.13. The molecule has 0 aliphatic heterocycles. The van der Waals surface area contributed by atoms with E-state index in [4.69, 9.17) is 0 Å². The molecular weight excluding hydrogens is 396 g/mol. The maximum Gasteiger partial charge on any atom is 0.236 e. The number of hydrogen-bond donors (Lipinski definition) is 1. The van der Waals surface area contributed by atoms with Crippen LogP contribution in [0.5, 0.6) is 0 Å². The van der Waals surface area contributed by atoms with E-state index in [1.54, 1.807) is 0 Å². The lowest BCUT2D eigenvalue weighted by atomic mass is 10.2. The van der Waals surface area contributed by atoms with E-state index in [-0.39, 0.29) is 11.7 Å². The van der Waals surface area contributed by atoms with E-state index in [0.29, 0.717) is 20.8 Å². The third-order valence-corrected chi connectivity index (χ3v) is 6.17. The molecule has 0 aliphatic rings. The molecule has 0 radical (unpaired) electrons. The molecule has 0 bridgehead atoms. The fourth-order valence-electron chi connectivity index (χ4n) is 1.92. The Morgan fingerprint density at radius 3 is 2.65 bits per heavy atom. The number of nitrogens with zero attached hydrogens (tertiary/aromatic N) is 2. The standard InChI is InChI=1S/C17H13F2N3OS3/c18-12-7-6-11(14(19)8-12)9-25-17-22-21-16(26-17)20-15(23)10-24-13-4-2-1-3-5-13/h1-8H,9-10H2,(H,20,21,23). The number of carbonyl (C=O) groups is 1. The third-order valence-electron chi connectivity index (χ3n) is 3.13. The molecular formula is C17H13F2N3OS3. The van der Waals surface area contributed by atoms with E-state index in [2.05, 4.69) is 15.5 Å². The summed E-state index contributed by atoms with van der Waals surface area (Å²) in [5, 5.41) is 11.0. The van der Waals surface area contributed by atoms with Crippen molar-refractivity contribution in [2.24, 2.45) is 0 Å². The average molecular weight is 410 g/mol. The average Bonchev–Trinajstić information content (AvgIpc) is 3.07. The maximum absolute atomic E-state index is 13.6. The van der Waals surface area contributed by atoms with Gasteiger partial charge in [-0.15, -0.1) is 22.0 Å². The molecule has 3 rings (SSSR count). The first-order valence-electron chi connectivity index (χ1n) is 7.48. The maximum atomic E-state index is 13.6. The molecule has 0 spiro atoms. The summed E-state index contributed by atoms with van der Waals surface area (Å²) in [4.78, 5) is 13.0. The molecule has 3 aromatic rings. The zero-order valence-electron chi connectivity index (χ0n) is 13.3. The van der Waals surface area contributed by atoms with Gasteiger partial charge in [0.2, 0.25) is 11.0 Å². The first kappa shape index (κ1) is 18.8. The molecule has 4 nitrogen and oxygen atoms in total. The van der Waals surface area contributed by atoms with Crippen molar-refractivity contribution in [1.29, 1.82) is 0 Å². The highest BCUT2D eigenvalue weighted by atomic mass is 32.2. The zero-order chi connectivity index (χ0) is 18.4. The van der Waals surface area contributed by atoms with Gasteiger partial charge in [-0.25, -0.2) is 8.78 Å². The highest BCUT2D eigenvalue weighted by Gasteiger charge is 2.11. The van der Waals surface area contributed by atoms with E-state index in [0.717, 1.165) is 11.0 Å². The number of carbonyl (C=O) groups excluding carboxylic acids is 1. The van der Waals surface area contributed by atoms with Crippen molar-refractivity contribution < 1.29 is 13.6 Å². The molecule has 0 atom stereocenters. The van der Waals surface area contributed by atoms with E-state index in [1.165, 1.54) is 47.0 Å². The molecule has 2 aromatic carbocycles. The Labute approximate surface area is 161 Å². The fourth-order valence-corrected chi connectivity index (χ4v) is 4.39. The van der Waals surface area contributed by atoms with Crippen LogP contribution in [0, 0.1) is 11.6 Å². The van der Waals surface area contributed by atoms with Crippen molar-refractivity contribution in [3.05, 3.63) is 65.7 Å². The van der Waals surface area contributed by atoms with Crippen LogP contribution in [0.3, 0.4) is 0 Å². The third kappa shape index (κ3) is 5.52. The number of hydrogen-bond acceptors (Lipinski definition) is 6. The SMILES string of the molecule is O=C(CSc1ccccc1)Nc1nnc(SCc2ccc(F)cc2F)s1. The number of aromatic nitrogens is 2. The van der Waals surface area contributed by atoms with Crippen LogP contribution in [-0.2, 0) is 10.5 Å². The van der Waals surface area contributed by atoms with Gasteiger partial charge in [0.05, 0.1) is 5.75 Å². The molecule has 0 aliphatic carbocycles. The summed E-state index contributed by atoms with van der Waals surface area (Å²) in [5.74, 6) is -0.791. The van der Waals surface area contributed by atoms with Crippen molar-refractivity contribution in [3.8, 4) is 0 Å². The molecule has 9 heteroatoms. The summed E-state index contributed by atoms with van der Waals surface area (Å²) in [6, 6.07) is 13.1. The van der Waals surface area contributed by atoms with Crippen LogP contribution in [0.15, 0.2) is 57.8 Å². The Hall–Kier alpha value is -1.97. The van der Waals surface area contributed by atoms with Crippen molar-refractivity contribution >= 4 is 45.9 Å². The summed E-state index contributed by atoms with van der Waals surface area (Å²) < 4.78 is 27.1. The second-order valence-corrected chi connectivity index (χ2v) is 8.30. The van der Waals surface area contributed by atoms with Crippen molar-refractivity contribution in [3.63, 3.8) is 0 Å². The van der Waals surface area contributed by atoms with Gasteiger partial charge in [-0.1, -0.05) is 47.4 Å². The fraction of sp³-hybridized carbons (Fsp3) is 0.118. The van der Waals surface area contributed by atoms with Crippen LogP contribution in [0.25, 0.3) is 0 Å². The molecule has 134 valence electrons. The van der Waals surface area contributed by atoms with Gasteiger partial charge < -0.3 is 0 Å². The van der Waals surface area contributed by atoms with Crippen LogP contribution in [0.1, 0.15) is 5.56 Å². The Balaban J connectivity index is 1.48. The monoisotopic (exact) mass is 409 g/mol. The first-order valence-corrected chi connectivity index (χ1v) is 10.3. The zero-order valence-corrected chi connectivity index (χ0v) is 15.8. The Bertz CT molecular complexity index is 890. The van der Waals surface area contributed by atoms with E-state index < -0.39 is 11.6 Å². The summed E-state index contributed by atoms with van der Waals surface area (Å²) in [6.07, 6.45) is 0. The van der Waals surface area contributed by atoms with Gasteiger partial charge in [0, 0.05) is 16.7 Å². The highest BCUT2D eigenvalue weighted by molar-refractivity contribution is 8.00. The molecule has 1 amide bonds. The van der Waals surface area contributed by atoms with Gasteiger partial charge in [-0.3, -0.25) is 10.1 Å². The lowest BCUT2D eigenvalue weighted by Gasteiger charge is -2.01. The first-order chi connectivity index (χ1) is 12.6. The Kier molecular flexibility index (Phi) is 6.59. The normalized spacial score (nSPS) is 10.7. The van der Waals surface area contributed by atoms with Crippen LogP contribution >= 0.6 is 34.9 Å². The van der Waals surface area contributed by atoms with Gasteiger partial charge in [0.25, 0.3) is 0 Å². The lowest BCUT2D eigenvalue weighted by molar-refractivity contribution is -0.113. The molecule has 0 fully saturated rings. The predicted molar refractivity (Wildman–Crippen MR) is 102 cm³/mol.